The van der Waals surface area contributed by atoms with Crippen molar-refractivity contribution in [1.82, 2.24) is 0 Å². The molecule has 0 aliphatic carbocycles. The van der Waals surface area contributed by atoms with E-state index in [-0.39, 0.29) is 10.8 Å². The summed E-state index contributed by atoms with van der Waals surface area (Å²) in [6.07, 6.45) is 0. The van der Waals surface area contributed by atoms with Gasteiger partial charge in [0.25, 0.3) is 0 Å². The molecular formula is C16H24O2. The van der Waals surface area contributed by atoms with Gasteiger partial charge in [-0.15, -0.1) is 0 Å². The lowest BCUT2D eigenvalue weighted by Gasteiger charge is -2.29. The van der Waals surface area contributed by atoms with E-state index < -0.39 is 5.97 Å². The molecule has 0 unspecified atom stereocenters. The average molecular weight is 248 g/mol. The zero-order valence-electron chi connectivity index (χ0n) is 12.5. The van der Waals surface area contributed by atoms with Gasteiger partial charge in [-0.3, -0.25) is 0 Å². The minimum atomic E-state index is -0.856. The number of carboxylic acid groups (broad SMARTS) is 1. The lowest BCUT2D eigenvalue weighted by Crippen LogP contribution is -2.21. The Labute approximate surface area is 110 Å². The average Bonchev–Trinajstić information content (AvgIpc) is 2.13. The number of carbonyl (C=O) groups is 1. The summed E-state index contributed by atoms with van der Waals surface area (Å²) in [6.45, 7) is 14.8. The smallest absolute Gasteiger partial charge is 0.335 e. The van der Waals surface area contributed by atoms with Crippen LogP contribution in [0.5, 0.6) is 0 Å². The Morgan fingerprint density at radius 2 is 1.28 bits per heavy atom. The Balaban J connectivity index is 3.64. The molecule has 0 heterocycles. The number of rotatable bonds is 1. The van der Waals surface area contributed by atoms with Crippen molar-refractivity contribution in [3.05, 3.63) is 34.4 Å². The van der Waals surface area contributed by atoms with Crippen molar-refractivity contribution < 1.29 is 9.90 Å². The van der Waals surface area contributed by atoms with E-state index in [0.29, 0.717) is 5.56 Å². The molecule has 1 N–H and O–H groups in total. The van der Waals surface area contributed by atoms with Gasteiger partial charge < -0.3 is 5.11 Å². The highest BCUT2D eigenvalue weighted by Crippen LogP contribution is 2.34. The van der Waals surface area contributed by atoms with Crippen LogP contribution in [0.2, 0.25) is 0 Å². The lowest BCUT2D eigenvalue weighted by atomic mass is 9.76. The van der Waals surface area contributed by atoms with E-state index in [1.54, 1.807) is 0 Å². The first-order chi connectivity index (χ1) is 7.94. The molecule has 1 aromatic rings. The molecule has 0 aromatic heterocycles. The molecule has 1 aromatic carbocycles. The van der Waals surface area contributed by atoms with Gasteiger partial charge in [0.2, 0.25) is 0 Å². The SMILES string of the molecule is Cc1c(C(C)(C)C)cc(C(=O)O)cc1C(C)(C)C. The third-order valence-corrected chi connectivity index (χ3v) is 3.27. The first kappa shape index (κ1) is 14.7. The second-order valence-corrected chi connectivity index (χ2v) is 7.00. The third-order valence-electron chi connectivity index (χ3n) is 3.27. The van der Waals surface area contributed by atoms with Gasteiger partial charge in [0, 0.05) is 0 Å². The van der Waals surface area contributed by atoms with Gasteiger partial charge in [0.05, 0.1) is 5.56 Å². The maximum atomic E-state index is 11.3. The number of aromatic carboxylic acids is 1. The summed E-state index contributed by atoms with van der Waals surface area (Å²) in [6, 6.07) is 3.62. The first-order valence-corrected chi connectivity index (χ1v) is 6.33. The van der Waals surface area contributed by atoms with Gasteiger partial charge in [0.15, 0.2) is 0 Å². The zero-order valence-corrected chi connectivity index (χ0v) is 12.5. The monoisotopic (exact) mass is 248 g/mol. The van der Waals surface area contributed by atoms with E-state index in [1.165, 1.54) is 5.56 Å². The first-order valence-electron chi connectivity index (χ1n) is 6.33. The van der Waals surface area contributed by atoms with Crippen LogP contribution in [-0.4, -0.2) is 11.1 Å². The molecule has 0 spiro atoms. The van der Waals surface area contributed by atoms with Crippen LogP contribution in [0.1, 0.15) is 68.6 Å². The van der Waals surface area contributed by atoms with Crippen LogP contribution >= 0.6 is 0 Å². The van der Waals surface area contributed by atoms with Crippen molar-refractivity contribution in [3.8, 4) is 0 Å². The zero-order chi connectivity index (χ0) is 14.3. The Morgan fingerprint density at radius 3 is 1.50 bits per heavy atom. The molecule has 0 bridgehead atoms. The van der Waals surface area contributed by atoms with Gasteiger partial charge in [-0.05, 0) is 46.6 Å². The van der Waals surface area contributed by atoms with E-state index in [4.69, 9.17) is 0 Å². The van der Waals surface area contributed by atoms with Gasteiger partial charge in [-0.2, -0.15) is 0 Å². The second kappa shape index (κ2) is 4.42. The summed E-state index contributed by atoms with van der Waals surface area (Å²) in [4.78, 5) is 11.3. The molecule has 0 saturated carbocycles. The number of carboxylic acids is 1. The summed E-state index contributed by atoms with van der Waals surface area (Å²) >= 11 is 0. The largest absolute Gasteiger partial charge is 0.478 e. The van der Waals surface area contributed by atoms with Crippen LogP contribution in [0.15, 0.2) is 12.1 Å². The van der Waals surface area contributed by atoms with Crippen molar-refractivity contribution >= 4 is 5.97 Å². The fourth-order valence-corrected chi connectivity index (χ4v) is 2.40. The molecule has 0 amide bonds. The molecule has 0 saturated heterocycles. The number of hydrogen-bond donors (Lipinski definition) is 1. The van der Waals surface area contributed by atoms with Crippen molar-refractivity contribution in [2.45, 2.75) is 59.3 Å². The van der Waals surface area contributed by atoms with E-state index in [9.17, 15) is 9.90 Å². The van der Waals surface area contributed by atoms with Gasteiger partial charge in [-0.1, -0.05) is 41.5 Å². The van der Waals surface area contributed by atoms with Crippen molar-refractivity contribution in [3.63, 3.8) is 0 Å². The number of hydrogen-bond acceptors (Lipinski definition) is 1. The normalized spacial score (nSPS) is 12.6. The van der Waals surface area contributed by atoms with Crippen molar-refractivity contribution in [1.29, 1.82) is 0 Å². The lowest BCUT2D eigenvalue weighted by molar-refractivity contribution is 0.0696. The van der Waals surface area contributed by atoms with Crippen molar-refractivity contribution in [2.24, 2.45) is 0 Å². The van der Waals surface area contributed by atoms with E-state index in [0.717, 1.165) is 11.1 Å². The molecule has 0 radical (unpaired) electrons. The summed E-state index contributed by atoms with van der Waals surface area (Å²) < 4.78 is 0. The molecule has 0 aliphatic rings. The summed E-state index contributed by atoms with van der Waals surface area (Å²) in [5.41, 5.74) is 3.74. The molecule has 0 atom stereocenters. The number of benzene rings is 1. The maximum absolute atomic E-state index is 11.3. The van der Waals surface area contributed by atoms with Crippen LogP contribution in [0.25, 0.3) is 0 Å². The predicted molar refractivity (Wildman–Crippen MR) is 75.5 cm³/mol. The van der Waals surface area contributed by atoms with Gasteiger partial charge in [-0.25, -0.2) is 4.79 Å². The third kappa shape index (κ3) is 2.92. The Bertz CT molecular complexity index is 436. The topological polar surface area (TPSA) is 37.3 Å². The van der Waals surface area contributed by atoms with Crippen LogP contribution in [0, 0.1) is 6.92 Å². The molecule has 2 heteroatoms. The Kier molecular flexibility index (Phi) is 3.62. The molecule has 100 valence electrons. The van der Waals surface area contributed by atoms with Crippen LogP contribution in [0.3, 0.4) is 0 Å². The molecule has 1 rings (SSSR count). The Hall–Kier alpha value is -1.31. The van der Waals surface area contributed by atoms with Crippen LogP contribution in [-0.2, 0) is 10.8 Å². The predicted octanol–water partition coefficient (Wildman–Crippen LogP) is 4.29. The van der Waals surface area contributed by atoms with E-state index in [2.05, 4.69) is 48.5 Å². The summed E-state index contributed by atoms with van der Waals surface area (Å²) in [5, 5.41) is 9.26. The Morgan fingerprint density at radius 1 is 0.944 bits per heavy atom. The highest BCUT2D eigenvalue weighted by atomic mass is 16.4. The second-order valence-electron chi connectivity index (χ2n) is 7.00. The summed E-state index contributed by atoms with van der Waals surface area (Å²) in [5.74, 6) is -0.856. The fourth-order valence-electron chi connectivity index (χ4n) is 2.40. The molecule has 0 aliphatic heterocycles. The van der Waals surface area contributed by atoms with Crippen LogP contribution < -0.4 is 0 Å². The van der Waals surface area contributed by atoms with E-state index >= 15 is 0 Å². The fraction of sp³-hybridized carbons (Fsp3) is 0.562. The van der Waals surface area contributed by atoms with E-state index in [1.807, 2.05) is 12.1 Å². The molecule has 2 nitrogen and oxygen atoms in total. The molecule has 0 fully saturated rings. The quantitative estimate of drug-likeness (QED) is 0.805. The standard InChI is InChI=1S/C16H24O2/c1-10-12(15(2,3)4)8-11(14(17)18)9-13(10)16(5,6)7/h8-9H,1-7H3,(H,17,18). The van der Waals surface area contributed by atoms with Crippen molar-refractivity contribution in [2.75, 3.05) is 0 Å². The molecule has 18 heavy (non-hydrogen) atoms. The minimum absolute atomic E-state index is 0.0461. The minimum Gasteiger partial charge on any atom is -0.478 e. The summed E-state index contributed by atoms with van der Waals surface area (Å²) in [7, 11) is 0. The van der Waals surface area contributed by atoms with Gasteiger partial charge >= 0.3 is 5.97 Å². The highest BCUT2D eigenvalue weighted by molar-refractivity contribution is 5.88. The van der Waals surface area contributed by atoms with Crippen LogP contribution in [0.4, 0.5) is 0 Å². The maximum Gasteiger partial charge on any atom is 0.335 e. The highest BCUT2D eigenvalue weighted by Gasteiger charge is 2.25. The molecular weight excluding hydrogens is 224 g/mol. The van der Waals surface area contributed by atoms with Gasteiger partial charge in [0.1, 0.15) is 0 Å².